The van der Waals surface area contributed by atoms with Crippen molar-refractivity contribution in [2.75, 3.05) is 7.11 Å². The number of aromatic nitrogens is 1. The first-order valence-corrected chi connectivity index (χ1v) is 8.74. The second kappa shape index (κ2) is 5.85. The van der Waals surface area contributed by atoms with Gasteiger partial charge >= 0.3 is 0 Å². The molecule has 1 aromatic heterocycles. The summed E-state index contributed by atoms with van der Waals surface area (Å²) in [6.07, 6.45) is 4.44. The molecular formula is C24H18NO+. The minimum atomic E-state index is 0.874. The van der Waals surface area contributed by atoms with Gasteiger partial charge in [0.1, 0.15) is 5.75 Å². The first-order chi connectivity index (χ1) is 12.8. The SMILES string of the molecule is COc1ccc(/C=C2\c3ccccc3-[n+]3ccc4ccccc4c32)cc1. The summed E-state index contributed by atoms with van der Waals surface area (Å²) in [4.78, 5) is 0. The zero-order valence-corrected chi connectivity index (χ0v) is 14.5. The Morgan fingerprint density at radius 3 is 2.42 bits per heavy atom. The summed E-state index contributed by atoms with van der Waals surface area (Å²) in [5.41, 5.74) is 6.16. The van der Waals surface area contributed by atoms with Gasteiger partial charge in [-0.25, -0.2) is 0 Å². The topological polar surface area (TPSA) is 13.1 Å². The number of nitrogens with zero attached hydrogens (tertiary/aromatic N) is 1. The maximum absolute atomic E-state index is 5.28. The highest BCUT2D eigenvalue weighted by Gasteiger charge is 2.33. The number of hydrogen-bond acceptors (Lipinski definition) is 1. The van der Waals surface area contributed by atoms with Crippen molar-refractivity contribution in [3.63, 3.8) is 0 Å². The number of pyridine rings is 1. The molecule has 0 N–H and O–H groups in total. The zero-order valence-electron chi connectivity index (χ0n) is 14.5. The van der Waals surface area contributed by atoms with Crippen molar-refractivity contribution in [3.05, 3.63) is 102 Å². The molecule has 124 valence electrons. The van der Waals surface area contributed by atoms with Gasteiger partial charge in [-0.05, 0) is 41.3 Å². The van der Waals surface area contributed by atoms with E-state index in [1.165, 1.54) is 33.3 Å². The van der Waals surface area contributed by atoms with Gasteiger partial charge in [-0.3, -0.25) is 0 Å². The van der Waals surface area contributed by atoms with Crippen molar-refractivity contribution in [1.29, 1.82) is 0 Å². The van der Waals surface area contributed by atoms with Gasteiger partial charge in [0, 0.05) is 12.1 Å². The third-order valence-corrected chi connectivity index (χ3v) is 5.00. The van der Waals surface area contributed by atoms with Crippen LogP contribution >= 0.6 is 0 Å². The Labute approximate surface area is 152 Å². The minimum absolute atomic E-state index is 0.874. The largest absolute Gasteiger partial charge is 0.497 e. The molecule has 1 aliphatic heterocycles. The first-order valence-electron chi connectivity index (χ1n) is 8.74. The van der Waals surface area contributed by atoms with Crippen molar-refractivity contribution < 1.29 is 9.30 Å². The molecule has 0 radical (unpaired) electrons. The summed E-state index contributed by atoms with van der Waals surface area (Å²) in [7, 11) is 1.69. The summed E-state index contributed by atoms with van der Waals surface area (Å²) in [5, 5.41) is 2.53. The van der Waals surface area contributed by atoms with Gasteiger partial charge in [-0.2, -0.15) is 4.57 Å². The molecule has 0 bridgehead atoms. The van der Waals surface area contributed by atoms with Gasteiger partial charge in [0.2, 0.25) is 11.4 Å². The van der Waals surface area contributed by atoms with Crippen LogP contribution in [0.4, 0.5) is 0 Å². The Kier molecular flexibility index (Phi) is 3.36. The molecule has 0 saturated heterocycles. The number of methoxy groups -OCH3 is 1. The highest BCUT2D eigenvalue weighted by molar-refractivity contribution is 6.02. The van der Waals surface area contributed by atoms with Gasteiger partial charge in [-0.1, -0.05) is 42.5 Å². The van der Waals surface area contributed by atoms with Gasteiger partial charge in [0.25, 0.3) is 0 Å². The lowest BCUT2D eigenvalue weighted by Crippen LogP contribution is -2.30. The predicted molar refractivity (Wildman–Crippen MR) is 105 cm³/mol. The molecule has 1 aliphatic rings. The Morgan fingerprint density at radius 2 is 1.58 bits per heavy atom. The Hall–Kier alpha value is -3.39. The summed E-state index contributed by atoms with van der Waals surface area (Å²) in [5.74, 6) is 0.874. The number of hydrogen-bond donors (Lipinski definition) is 0. The van der Waals surface area contributed by atoms with E-state index >= 15 is 0 Å². The Bertz CT molecular complexity index is 1160. The van der Waals surface area contributed by atoms with E-state index in [1.54, 1.807) is 7.11 Å². The van der Waals surface area contributed by atoms with Crippen LogP contribution < -0.4 is 9.30 Å². The average Bonchev–Trinajstić information content (AvgIpc) is 3.03. The van der Waals surface area contributed by atoms with Crippen LogP contribution in [-0.2, 0) is 0 Å². The monoisotopic (exact) mass is 336 g/mol. The fraction of sp³-hybridized carbons (Fsp3) is 0.0417. The van der Waals surface area contributed by atoms with E-state index in [9.17, 15) is 0 Å². The van der Waals surface area contributed by atoms with Crippen LogP contribution in [-0.4, -0.2) is 7.11 Å². The van der Waals surface area contributed by atoms with Gasteiger partial charge in [0.15, 0.2) is 6.20 Å². The van der Waals surface area contributed by atoms with Gasteiger partial charge in [-0.15, -0.1) is 0 Å². The zero-order chi connectivity index (χ0) is 17.5. The third-order valence-electron chi connectivity index (χ3n) is 5.00. The van der Waals surface area contributed by atoms with Gasteiger partial charge < -0.3 is 4.74 Å². The number of rotatable bonds is 2. The number of benzene rings is 3. The molecule has 0 unspecified atom stereocenters. The Balaban J connectivity index is 1.80. The molecule has 26 heavy (non-hydrogen) atoms. The van der Waals surface area contributed by atoms with Crippen molar-refractivity contribution >= 4 is 22.4 Å². The predicted octanol–water partition coefficient (Wildman–Crippen LogP) is 5.03. The minimum Gasteiger partial charge on any atom is -0.497 e. The molecular weight excluding hydrogens is 318 g/mol. The molecule has 0 saturated carbocycles. The fourth-order valence-electron chi connectivity index (χ4n) is 3.74. The lowest BCUT2D eigenvalue weighted by atomic mass is 9.98. The van der Waals surface area contributed by atoms with Crippen LogP contribution in [0.25, 0.3) is 28.1 Å². The van der Waals surface area contributed by atoms with Crippen LogP contribution in [0.1, 0.15) is 16.8 Å². The van der Waals surface area contributed by atoms with E-state index in [2.05, 4.69) is 83.6 Å². The van der Waals surface area contributed by atoms with E-state index in [-0.39, 0.29) is 0 Å². The molecule has 2 heteroatoms. The Morgan fingerprint density at radius 1 is 0.808 bits per heavy atom. The van der Waals surface area contributed by atoms with Crippen LogP contribution in [0, 0.1) is 0 Å². The maximum Gasteiger partial charge on any atom is 0.227 e. The van der Waals surface area contributed by atoms with E-state index in [4.69, 9.17) is 4.74 Å². The summed E-state index contributed by atoms with van der Waals surface area (Å²) >= 11 is 0. The normalized spacial score (nSPS) is 13.7. The second-order valence-electron chi connectivity index (χ2n) is 6.47. The average molecular weight is 336 g/mol. The molecule has 3 aromatic carbocycles. The van der Waals surface area contributed by atoms with E-state index in [0.717, 1.165) is 11.3 Å². The maximum atomic E-state index is 5.28. The molecule has 0 spiro atoms. The number of ether oxygens (including phenoxy) is 1. The van der Waals surface area contributed by atoms with Crippen LogP contribution in [0.15, 0.2) is 85.1 Å². The number of fused-ring (bicyclic) bond motifs is 5. The summed E-state index contributed by atoms with van der Waals surface area (Å²) in [6, 6.07) is 27.6. The first kappa shape index (κ1) is 14.9. The fourth-order valence-corrected chi connectivity index (χ4v) is 3.74. The van der Waals surface area contributed by atoms with Gasteiger partial charge in [0.05, 0.1) is 23.6 Å². The molecule has 5 rings (SSSR count). The van der Waals surface area contributed by atoms with Crippen molar-refractivity contribution in [2.24, 2.45) is 0 Å². The van der Waals surface area contributed by atoms with Crippen LogP contribution in [0.5, 0.6) is 5.75 Å². The smallest absolute Gasteiger partial charge is 0.227 e. The lowest BCUT2D eigenvalue weighted by Gasteiger charge is -2.03. The molecule has 4 aromatic rings. The van der Waals surface area contributed by atoms with Crippen molar-refractivity contribution in [3.8, 4) is 11.4 Å². The molecule has 0 atom stereocenters. The standard InChI is InChI=1S/C24H18NO/c1-26-19-12-10-17(11-13-19)16-22-21-8-4-5-9-23(21)25-15-14-18-6-2-3-7-20(18)24(22)25/h2-16H,1H3/q+1/b22-16+. The van der Waals surface area contributed by atoms with Crippen molar-refractivity contribution in [2.45, 2.75) is 0 Å². The molecule has 2 heterocycles. The molecule has 0 amide bonds. The molecule has 0 aliphatic carbocycles. The van der Waals surface area contributed by atoms with Crippen molar-refractivity contribution in [1.82, 2.24) is 0 Å². The highest BCUT2D eigenvalue weighted by Crippen LogP contribution is 2.36. The third kappa shape index (κ3) is 2.23. The molecule has 2 nitrogen and oxygen atoms in total. The lowest BCUT2D eigenvalue weighted by molar-refractivity contribution is -0.592. The molecule has 0 fully saturated rings. The highest BCUT2D eigenvalue weighted by atomic mass is 16.5. The van der Waals surface area contributed by atoms with E-state index in [1.807, 2.05) is 12.1 Å². The van der Waals surface area contributed by atoms with E-state index in [0.29, 0.717) is 0 Å². The van der Waals surface area contributed by atoms with Crippen LogP contribution in [0.3, 0.4) is 0 Å². The second-order valence-corrected chi connectivity index (χ2v) is 6.47. The summed E-state index contributed by atoms with van der Waals surface area (Å²) < 4.78 is 7.58. The quantitative estimate of drug-likeness (QED) is 0.412. The van der Waals surface area contributed by atoms with E-state index < -0.39 is 0 Å². The van der Waals surface area contributed by atoms with Crippen LogP contribution in [0.2, 0.25) is 0 Å². The number of para-hydroxylation sites is 1. The summed E-state index contributed by atoms with van der Waals surface area (Å²) in [6.45, 7) is 0.